The van der Waals surface area contributed by atoms with Crippen LogP contribution in [0.2, 0.25) is 0 Å². The third kappa shape index (κ3) is 4.68. The van der Waals surface area contributed by atoms with Crippen molar-refractivity contribution in [1.29, 1.82) is 0 Å². The number of hydrogen-bond acceptors (Lipinski definition) is 4. The normalized spacial score (nSPS) is 19.4. The molecule has 1 aliphatic carbocycles. The van der Waals surface area contributed by atoms with Gasteiger partial charge in [0.15, 0.2) is 0 Å². The van der Waals surface area contributed by atoms with Crippen LogP contribution in [0.4, 0.5) is 9.18 Å². The Hall–Kier alpha value is -2.64. The second-order valence-corrected chi connectivity index (χ2v) is 6.23. The Balaban J connectivity index is 1.46. The summed E-state index contributed by atoms with van der Waals surface area (Å²) in [6, 6.07) is 4.74. The van der Waals surface area contributed by atoms with Crippen molar-refractivity contribution in [3.8, 4) is 5.75 Å². The fourth-order valence-electron chi connectivity index (χ4n) is 2.76. The molecule has 1 heterocycles. The molecule has 7 nitrogen and oxygen atoms in total. The lowest BCUT2D eigenvalue weighted by atomic mass is 10.2. The van der Waals surface area contributed by atoms with Crippen molar-refractivity contribution in [2.24, 2.45) is 0 Å². The SMILES string of the molecule is O=C(NCC(=O)N1CCC[C@H]1C(=O)NC1CC1)Oc1ccc(F)cc1. The van der Waals surface area contributed by atoms with Gasteiger partial charge >= 0.3 is 6.09 Å². The van der Waals surface area contributed by atoms with Gasteiger partial charge in [0.25, 0.3) is 0 Å². The summed E-state index contributed by atoms with van der Waals surface area (Å²) in [5.74, 6) is -0.714. The Morgan fingerprint density at radius 3 is 2.56 bits per heavy atom. The van der Waals surface area contributed by atoms with E-state index in [0.29, 0.717) is 13.0 Å². The van der Waals surface area contributed by atoms with Crippen molar-refractivity contribution < 1.29 is 23.5 Å². The maximum atomic E-state index is 12.8. The van der Waals surface area contributed by atoms with Gasteiger partial charge in [0.1, 0.15) is 24.2 Å². The van der Waals surface area contributed by atoms with Crippen LogP contribution in [0.3, 0.4) is 0 Å². The number of nitrogens with one attached hydrogen (secondary N) is 2. The van der Waals surface area contributed by atoms with Crippen molar-refractivity contribution in [3.63, 3.8) is 0 Å². The molecule has 1 aromatic carbocycles. The van der Waals surface area contributed by atoms with E-state index in [2.05, 4.69) is 10.6 Å². The lowest BCUT2D eigenvalue weighted by Crippen LogP contribution is -2.49. The molecule has 3 amide bonds. The quantitative estimate of drug-likeness (QED) is 0.836. The van der Waals surface area contributed by atoms with E-state index in [9.17, 15) is 18.8 Å². The maximum absolute atomic E-state index is 12.8. The molecule has 0 bridgehead atoms. The second kappa shape index (κ2) is 7.50. The van der Waals surface area contributed by atoms with Gasteiger partial charge in [-0.15, -0.1) is 0 Å². The van der Waals surface area contributed by atoms with Crippen LogP contribution in [0.15, 0.2) is 24.3 Å². The summed E-state index contributed by atoms with van der Waals surface area (Å²) in [5, 5.41) is 5.26. The lowest BCUT2D eigenvalue weighted by molar-refractivity contribution is -0.137. The zero-order chi connectivity index (χ0) is 17.8. The van der Waals surface area contributed by atoms with Crippen molar-refractivity contribution in [2.45, 2.75) is 37.8 Å². The first-order valence-electron chi connectivity index (χ1n) is 8.34. The molecule has 0 aromatic heterocycles. The highest BCUT2D eigenvalue weighted by atomic mass is 19.1. The summed E-state index contributed by atoms with van der Waals surface area (Å²) in [6.07, 6.45) is 2.56. The van der Waals surface area contributed by atoms with E-state index in [1.807, 2.05) is 0 Å². The number of ether oxygens (including phenoxy) is 1. The van der Waals surface area contributed by atoms with Crippen LogP contribution in [-0.2, 0) is 9.59 Å². The second-order valence-electron chi connectivity index (χ2n) is 6.23. The molecule has 0 spiro atoms. The number of nitrogens with zero attached hydrogens (tertiary/aromatic N) is 1. The highest BCUT2D eigenvalue weighted by molar-refractivity contribution is 5.90. The lowest BCUT2D eigenvalue weighted by Gasteiger charge is -2.24. The third-order valence-electron chi connectivity index (χ3n) is 4.21. The van der Waals surface area contributed by atoms with E-state index in [-0.39, 0.29) is 30.2 Å². The predicted molar refractivity (Wildman–Crippen MR) is 86.3 cm³/mol. The molecule has 2 N–H and O–H groups in total. The van der Waals surface area contributed by atoms with Crippen molar-refractivity contribution in [1.82, 2.24) is 15.5 Å². The zero-order valence-electron chi connectivity index (χ0n) is 13.7. The van der Waals surface area contributed by atoms with E-state index < -0.39 is 18.0 Å². The number of rotatable bonds is 5. The summed E-state index contributed by atoms with van der Waals surface area (Å²) < 4.78 is 17.7. The Kier molecular flexibility index (Phi) is 5.16. The Labute approximate surface area is 144 Å². The first kappa shape index (κ1) is 17.2. The number of benzene rings is 1. The van der Waals surface area contributed by atoms with E-state index in [4.69, 9.17) is 4.74 Å². The summed E-state index contributed by atoms with van der Waals surface area (Å²) in [7, 11) is 0. The molecule has 25 heavy (non-hydrogen) atoms. The molecule has 1 aliphatic heterocycles. The molecular weight excluding hydrogens is 329 g/mol. The minimum Gasteiger partial charge on any atom is -0.410 e. The molecule has 134 valence electrons. The number of likely N-dealkylation sites (tertiary alicyclic amines) is 1. The minimum atomic E-state index is -0.807. The van der Waals surface area contributed by atoms with Crippen LogP contribution in [0.1, 0.15) is 25.7 Å². The molecule has 2 aliphatic rings. The van der Waals surface area contributed by atoms with Crippen molar-refractivity contribution >= 4 is 17.9 Å². The minimum absolute atomic E-state index is 0.123. The number of amides is 3. The third-order valence-corrected chi connectivity index (χ3v) is 4.21. The van der Waals surface area contributed by atoms with Crippen molar-refractivity contribution in [3.05, 3.63) is 30.1 Å². The standard InChI is InChI=1S/C17H20FN3O4/c18-11-3-7-13(8-4-11)25-17(24)19-10-15(22)21-9-1-2-14(21)16(23)20-12-5-6-12/h3-4,7-8,12,14H,1-2,5-6,9-10H2,(H,19,24)(H,20,23)/t14-/m0/s1. The van der Waals surface area contributed by atoms with E-state index in [1.54, 1.807) is 0 Å². The van der Waals surface area contributed by atoms with Gasteiger partial charge in [0.05, 0.1) is 0 Å². The van der Waals surface area contributed by atoms with Gasteiger partial charge in [0, 0.05) is 12.6 Å². The van der Waals surface area contributed by atoms with Gasteiger partial charge in [-0.2, -0.15) is 0 Å². The van der Waals surface area contributed by atoms with E-state index in [0.717, 1.165) is 19.3 Å². The Morgan fingerprint density at radius 2 is 1.88 bits per heavy atom. The molecular formula is C17H20FN3O4. The number of hydrogen-bond donors (Lipinski definition) is 2. The molecule has 3 rings (SSSR count). The average molecular weight is 349 g/mol. The fourth-order valence-corrected chi connectivity index (χ4v) is 2.76. The highest BCUT2D eigenvalue weighted by Gasteiger charge is 2.36. The smallest absolute Gasteiger partial charge is 0.410 e. The highest BCUT2D eigenvalue weighted by Crippen LogP contribution is 2.22. The Bertz CT molecular complexity index is 660. The van der Waals surface area contributed by atoms with Gasteiger partial charge in [-0.3, -0.25) is 9.59 Å². The van der Waals surface area contributed by atoms with E-state index >= 15 is 0 Å². The summed E-state index contributed by atoms with van der Waals surface area (Å²) >= 11 is 0. The van der Waals surface area contributed by atoms with Crippen LogP contribution in [0.25, 0.3) is 0 Å². The van der Waals surface area contributed by atoms with Gasteiger partial charge in [0.2, 0.25) is 11.8 Å². The average Bonchev–Trinajstić information content (AvgIpc) is 3.26. The van der Waals surface area contributed by atoms with Gasteiger partial charge in [-0.1, -0.05) is 0 Å². The number of halogens is 1. The molecule has 2 fully saturated rings. The van der Waals surface area contributed by atoms with Gasteiger partial charge < -0.3 is 20.3 Å². The predicted octanol–water partition coefficient (Wildman–Crippen LogP) is 1.18. The molecule has 1 atom stereocenters. The molecule has 8 heteroatoms. The van der Waals surface area contributed by atoms with Crippen LogP contribution >= 0.6 is 0 Å². The van der Waals surface area contributed by atoms with Crippen LogP contribution in [0, 0.1) is 5.82 Å². The summed E-state index contributed by atoms with van der Waals surface area (Å²) in [6.45, 7) is 0.240. The molecule has 1 saturated carbocycles. The molecule has 1 saturated heterocycles. The van der Waals surface area contributed by atoms with Crippen LogP contribution in [0.5, 0.6) is 5.75 Å². The van der Waals surface area contributed by atoms with Gasteiger partial charge in [-0.05, 0) is 49.9 Å². The maximum Gasteiger partial charge on any atom is 0.413 e. The zero-order valence-corrected chi connectivity index (χ0v) is 13.7. The van der Waals surface area contributed by atoms with Crippen LogP contribution in [-0.4, -0.2) is 48.0 Å². The fraction of sp³-hybridized carbons (Fsp3) is 0.471. The Morgan fingerprint density at radius 1 is 1.16 bits per heavy atom. The van der Waals surface area contributed by atoms with E-state index in [1.165, 1.54) is 29.2 Å². The monoisotopic (exact) mass is 349 g/mol. The summed E-state index contributed by atoms with van der Waals surface area (Å²) in [5.41, 5.74) is 0. The van der Waals surface area contributed by atoms with Gasteiger partial charge in [-0.25, -0.2) is 9.18 Å². The first-order valence-corrected chi connectivity index (χ1v) is 8.34. The van der Waals surface area contributed by atoms with Crippen molar-refractivity contribution in [2.75, 3.05) is 13.1 Å². The van der Waals surface area contributed by atoms with Crippen LogP contribution < -0.4 is 15.4 Å². The first-order chi connectivity index (χ1) is 12.0. The number of carbonyl (C=O) groups is 3. The largest absolute Gasteiger partial charge is 0.413 e. The molecule has 0 unspecified atom stereocenters. The molecule has 0 radical (unpaired) electrons. The topological polar surface area (TPSA) is 87.7 Å². The number of carbonyl (C=O) groups excluding carboxylic acids is 3. The molecule has 1 aromatic rings. The summed E-state index contributed by atoms with van der Waals surface area (Å²) in [4.78, 5) is 37.7.